The Hall–Kier alpha value is -3.31. The van der Waals surface area contributed by atoms with E-state index in [9.17, 15) is 0 Å². The molecule has 102 valence electrons. The molecule has 5 nitrogen and oxygen atoms in total. The molecule has 0 saturated carbocycles. The van der Waals surface area contributed by atoms with Gasteiger partial charge < -0.3 is 10.1 Å². The average molecular weight is 276 g/mol. The SMILES string of the molecule is Cc1cc(Oc2cccnc2)ccc1NC=C(C#N)C#N. The first kappa shape index (κ1) is 14.1. The summed E-state index contributed by atoms with van der Waals surface area (Å²) in [6.07, 6.45) is 4.69. The number of hydrogen-bond donors (Lipinski definition) is 1. The van der Waals surface area contributed by atoms with Crippen molar-refractivity contribution in [2.75, 3.05) is 5.32 Å². The number of aromatic nitrogens is 1. The fourth-order valence-corrected chi connectivity index (χ4v) is 1.64. The summed E-state index contributed by atoms with van der Waals surface area (Å²) in [6, 6.07) is 12.7. The van der Waals surface area contributed by atoms with Gasteiger partial charge in [0.1, 0.15) is 29.2 Å². The van der Waals surface area contributed by atoms with E-state index in [0.29, 0.717) is 11.5 Å². The lowest BCUT2D eigenvalue weighted by Crippen LogP contribution is -1.93. The van der Waals surface area contributed by atoms with Gasteiger partial charge in [0.15, 0.2) is 0 Å². The Morgan fingerprint density at radius 1 is 1.24 bits per heavy atom. The van der Waals surface area contributed by atoms with Crippen LogP contribution in [0.2, 0.25) is 0 Å². The number of benzene rings is 1. The summed E-state index contributed by atoms with van der Waals surface area (Å²) in [5.41, 5.74) is 1.75. The van der Waals surface area contributed by atoms with E-state index in [1.807, 2.05) is 25.1 Å². The average Bonchev–Trinajstić information content (AvgIpc) is 2.51. The van der Waals surface area contributed by atoms with Gasteiger partial charge in [-0.2, -0.15) is 10.5 Å². The maximum absolute atomic E-state index is 8.67. The third kappa shape index (κ3) is 3.82. The number of pyridine rings is 1. The predicted octanol–water partition coefficient (Wildman–Crippen LogP) is 3.53. The smallest absolute Gasteiger partial charge is 0.145 e. The van der Waals surface area contributed by atoms with Crippen LogP contribution in [0, 0.1) is 29.6 Å². The van der Waals surface area contributed by atoms with Gasteiger partial charge in [-0.05, 0) is 42.8 Å². The van der Waals surface area contributed by atoms with Crippen molar-refractivity contribution in [1.29, 1.82) is 10.5 Å². The highest BCUT2D eigenvalue weighted by atomic mass is 16.5. The van der Waals surface area contributed by atoms with Crippen molar-refractivity contribution in [3.63, 3.8) is 0 Å². The van der Waals surface area contributed by atoms with Crippen LogP contribution in [0.25, 0.3) is 0 Å². The summed E-state index contributed by atoms with van der Waals surface area (Å²) in [7, 11) is 0. The van der Waals surface area contributed by atoms with Crippen LogP contribution < -0.4 is 10.1 Å². The maximum atomic E-state index is 8.67. The van der Waals surface area contributed by atoms with E-state index in [0.717, 1.165) is 11.3 Å². The minimum absolute atomic E-state index is 0.0186. The molecule has 0 unspecified atom stereocenters. The van der Waals surface area contributed by atoms with E-state index < -0.39 is 0 Å². The van der Waals surface area contributed by atoms with Crippen molar-refractivity contribution in [2.24, 2.45) is 0 Å². The number of ether oxygens (including phenoxy) is 1. The topological polar surface area (TPSA) is 81.7 Å². The minimum Gasteiger partial charge on any atom is -0.456 e. The van der Waals surface area contributed by atoms with E-state index in [4.69, 9.17) is 15.3 Å². The molecule has 0 bridgehead atoms. The lowest BCUT2D eigenvalue weighted by Gasteiger charge is -2.09. The van der Waals surface area contributed by atoms with Gasteiger partial charge in [-0.1, -0.05) is 0 Å². The van der Waals surface area contributed by atoms with Crippen LogP contribution in [0.1, 0.15) is 5.56 Å². The first-order valence-corrected chi connectivity index (χ1v) is 6.18. The van der Waals surface area contributed by atoms with Crippen molar-refractivity contribution >= 4 is 5.69 Å². The highest BCUT2D eigenvalue weighted by molar-refractivity contribution is 5.57. The summed E-state index contributed by atoms with van der Waals surface area (Å²) >= 11 is 0. The minimum atomic E-state index is 0.0186. The van der Waals surface area contributed by atoms with Crippen molar-refractivity contribution in [3.05, 3.63) is 60.1 Å². The van der Waals surface area contributed by atoms with Gasteiger partial charge in [-0.15, -0.1) is 0 Å². The summed E-state index contributed by atoms with van der Waals surface area (Å²) in [5.74, 6) is 1.35. The molecule has 5 heteroatoms. The number of nitrogens with zero attached hydrogens (tertiary/aromatic N) is 3. The van der Waals surface area contributed by atoms with Crippen molar-refractivity contribution in [3.8, 4) is 23.6 Å². The van der Waals surface area contributed by atoms with Gasteiger partial charge in [0.25, 0.3) is 0 Å². The van der Waals surface area contributed by atoms with E-state index in [1.165, 1.54) is 6.20 Å². The molecule has 2 aromatic rings. The molecule has 0 atom stereocenters. The summed E-state index contributed by atoms with van der Waals surface area (Å²) in [5, 5.41) is 20.3. The molecule has 0 fully saturated rings. The Bertz CT molecular complexity index is 723. The molecule has 0 spiro atoms. The molecule has 21 heavy (non-hydrogen) atoms. The monoisotopic (exact) mass is 276 g/mol. The molecule has 1 N–H and O–H groups in total. The summed E-state index contributed by atoms with van der Waals surface area (Å²) < 4.78 is 5.67. The van der Waals surface area contributed by atoms with Crippen LogP contribution in [-0.2, 0) is 0 Å². The van der Waals surface area contributed by atoms with Gasteiger partial charge in [-0.25, -0.2) is 0 Å². The van der Waals surface area contributed by atoms with Crippen LogP contribution in [0.5, 0.6) is 11.5 Å². The van der Waals surface area contributed by atoms with Crippen molar-refractivity contribution < 1.29 is 4.74 Å². The second-order valence-electron chi connectivity index (χ2n) is 4.19. The first-order valence-electron chi connectivity index (χ1n) is 6.18. The van der Waals surface area contributed by atoms with Crippen LogP contribution >= 0.6 is 0 Å². The molecule has 1 heterocycles. The van der Waals surface area contributed by atoms with Crippen LogP contribution in [0.4, 0.5) is 5.69 Å². The molecular weight excluding hydrogens is 264 g/mol. The number of rotatable bonds is 4. The number of nitrogens with one attached hydrogen (secondary N) is 1. The van der Waals surface area contributed by atoms with E-state index in [-0.39, 0.29) is 5.57 Å². The second kappa shape index (κ2) is 6.74. The van der Waals surface area contributed by atoms with Gasteiger partial charge in [0.2, 0.25) is 0 Å². The number of hydrogen-bond acceptors (Lipinski definition) is 5. The number of anilines is 1. The van der Waals surface area contributed by atoms with E-state index in [2.05, 4.69) is 10.3 Å². The van der Waals surface area contributed by atoms with Crippen molar-refractivity contribution in [1.82, 2.24) is 4.98 Å². The van der Waals surface area contributed by atoms with Crippen LogP contribution in [0.15, 0.2) is 54.5 Å². The lowest BCUT2D eigenvalue weighted by molar-refractivity contribution is 0.480. The third-order valence-corrected chi connectivity index (χ3v) is 2.68. The van der Waals surface area contributed by atoms with Gasteiger partial charge in [0.05, 0.1) is 6.20 Å². The number of aryl methyl sites for hydroxylation is 1. The Kier molecular flexibility index (Phi) is 4.53. The van der Waals surface area contributed by atoms with Gasteiger partial charge in [-0.3, -0.25) is 4.98 Å². The fourth-order valence-electron chi connectivity index (χ4n) is 1.64. The molecular formula is C16H12N4O. The quantitative estimate of drug-likeness (QED) is 0.864. The van der Waals surface area contributed by atoms with E-state index in [1.54, 1.807) is 36.7 Å². The first-order chi connectivity index (χ1) is 10.2. The Morgan fingerprint density at radius 3 is 2.67 bits per heavy atom. The zero-order valence-corrected chi connectivity index (χ0v) is 11.4. The Morgan fingerprint density at radius 2 is 2.05 bits per heavy atom. The number of nitriles is 2. The molecule has 0 radical (unpaired) electrons. The predicted molar refractivity (Wildman–Crippen MR) is 78.4 cm³/mol. The maximum Gasteiger partial charge on any atom is 0.145 e. The normalized spacial score (nSPS) is 9.10. The molecule has 0 aliphatic heterocycles. The summed E-state index contributed by atoms with van der Waals surface area (Å²) in [6.45, 7) is 1.91. The highest BCUT2D eigenvalue weighted by Gasteiger charge is 2.02. The molecule has 2 rings (SSSR count). The molecule has 0 aliphatic rings. The number of allylic oxidation sites excluding steroid dienone is 1. The Labute approximate surface area is 122 Å². The highest BCUT2D eigenvalue weighted by Crippen LogP contribution is 2.25. The molecule has 0 saturated heterocycles. The zero-order valence-electron chi connectivity index (χ0n) is 11.4. The third-order valence-electron chi connectivity index (χ3n) is 2.68. The lowest BCUT2D eigenvalue weighted by atomic mass is 10.2. The molecule has 1 aromatic heterocycles. The van der Waals surface area contributed by atoms with Crippen LogP contribution in [0.3, 0.4) is 0 Å². The van der Waals surface area contributed by atoms with E-state index >= 15 is 0 Å². The Balaban J connectivity index is 2.13. The van der Waals surface area contributed by atoms with Gasteiger partial charge >= 0.3 is 0 Å². The van der Waals surface area contributed by atoms with Crippen molar-refractivity contribution in [2.45, 2.75) is 6.92 Å². The fraction of sp³-hybridized carbons (Fsp3) is 0.0625. The standard InChI is InChI=1S/C16H12N4O/c1-12-7-14(21-15-3-2-6-19-11-15)4-5-16(12)20-10-13(8-17)9-18/h2-7,10-11,20H,1H3. The molecule has 0 aliphatic carbocycles. The van der Waals surface area contributed by atoms with Crippen LogP contribution in [-0.4, -0.2) is 4.98 Å². The molecule has 1 aromatic carbocycles. The zero-order chi connectivity index (χ0) is 15.1. The van der Waals surface area contributed by atoms with Gasteiger partial charge in [0, 0.05) is 18.1 Å². The summed E-state index contributed by atoms with van der Waals surface area (Å²) in [4.78, 5) is 3.98. The molecule has 0 amide bonds. The second-order valence-corrected chi connectivity index (χ2v) is 4.19. The largest absolute Gasteiger partial charge is 0.456 e.